The van der Waals surface area contributed by atoms with E-state index in [1.807, 2.05) is 13.0 Å². The predicted octanol–water partition coefficient (Wildman–Crippen LogP) is 2.57. The summed E-state index contributed by atoms with van der Waals surface area (Å²) in [6.45, 7) is 8.97. The normalized spacial score (nSPS) is 7.00. The summed E-state index contributed by atoms with van der Waals surface area (Å²) < 4.78 is 0. The molecule has 0 aromatic carbocycles. The van der Waals surface area contributed by atoms with Crippen LogP contribution in [0.25, 0.3) is 0 Å². The maximum Gasteiger partial charge on any atom is 0.129 e. The fraction of sp³-hybridized carbons (Fsp3) is 0.625. The van der Waals surface area contributed by atoms with Gasteiger partial charge in [-0.25, -0.2) is 0 Å². The smallest absolute Gasteiger partial charge is 0.129 e. The zero-order valence-corrected chi connectivity index (χ0v) is 6.61. The lowest BCUT2D eigenvalue weighted by Crippen LogP contribution is -1.80. The summed E-state index contributed by atoms with van der Waals surface area (Å²) in [7, 11) is 0. The van der Waals surface area contributed by atoms with Gasteiger partial charge < -0.3 is 4.79 Å². The van der Waals surface area contributed by atoms with Crippen LogP contribution in [0.4, 0.5) is 0 Å². The number of hydrogen-bond acceptors (Lipinski definition) is 1. The average molecular weight is 128 g/mol. The Kier molecular flexibility index (Phi) is 13.0. The van der Waals surface area contributed by atoms with Gasteiger partial charge in [0.1, 0.15) is 5.78 Å². The molecule has 0 rings (SSSR count). The Morgan fingerprint density at radius 2 is 1.78 bits per heavy atom. The third-order valence-corrected chi connectivity index (χ3v) is 0.787. The highest BCUT2D eigenvalue weighted by molar-refractivity contribution is 5.74. The van der Waals surface area contributed by atoms with Crippen LogP contribution >= 0.6 is 0 Å². The Bertz CT molecular complexity index is 74.6. The van der Waals surface area contributed by atoms with Crippen LogP contribution in [0.15, 0.2) is 12.7 Å². The molecule has 0 unspecified atom stereocenters. The van der Waals surface area contributed by atoms with Gasteiger partial charge in [-0.2, -0.15) is 0 Å². The molecule has 0 aromatic heterocycles. The molecule has 0 aliphatic rings. The van der Waals surface area contributed by atoms with E-state index < -0.39 is 0 Å². The molecular formula is C8H16O. The average Bonchev–Trinajstić information content (AvgIpc) is 1.89. The molecule has 0 aliphatic heterocycles. The minimum absolute atomic E-state index is 0.255. The van der Waals surface area contributed by atoms with Gasteiger partial charge in [-0.05, 0) is 13.3 Å². The van der Waals surface area contributed by atoms with Crippen molar-refractivity contribution in [3.05, 3.63) is 12.7 Å². The fourth-order valence-corrected chi connectivity index (χ4v) is 0. The van der Waals surface area contributed by atoms with E-state index in [0.29, 0.717) is 6.42 Å². The zero-order chi connectivity index (χ0) is 7.70. The Morgan fingerprint density at radius 3 is 1.78 bits per heavy atom. The first-order valence-corrected chi connectivity index (χ1v) is 3.29. The molecule has 1 nitrogen and oxygen atoms in total. The van der Waals surface area contributed by atoms with Crippen molar-refractivity contribution in [3.63, 3.8) is 0 Å². The Labute approximate surface area is 57.8 Å². The molecule has 0 saturated heterocycles. The molecular weight excluding hydrogens is 112 g/mol. The molecule has 0 aliphatic carbocycles. The van der Waals surface area contributed by atoms with E-state index in [9.17, 15) is 4.79 Å². The van der Waals surface area contributed by atoms with E-state index >= 15 is 0 Å². The highest BCUT2D eigenvalue weighted by atomic mass is 16.1. The third kappa shape index (κ3) is 37.3. The van der Waals surface area contributed by atoms with Crippen molar-refractivity contribution in [1.29, 1.82) is 0 Å². The lowest BCUT2D eigenvalue weighted by Gasteiger charge is -1.71. The van der Waals surface area contributed by atoms with Gasteiger partial charge in [-0.15, -0.1) is 6.58 Å². The van der Waals surface area contributed by atoms with E-state index in [-0.39, 0.29) is 5.78 Å². The number of ketones is 1. The van der Waals surface area contributed by atoms with Crippen LogP contribution in [0.5, 0.6) is 0 Å². The number of allylic oxidation sites excluding steroid dienone is 1. The number of hydrogen-bond donors (Lipinski definition) is 0. The van der Waals surface area contributed by atoms with Crippen LogP contribution in [0.2, 0.25) is 0 Å². The molecule has 0 fully saturated rings. The first-order valence-electron chi connectivity index (χ1n) is 3.29. The van der Waals surface area contributed by atoms with Crippen molar-refractivity contribution >= 4 is 5.78 Å². The largest absolute Gasteiger partial charge is 0.300 e. The predicted molar refractivity (Wildman–Crippen MR) is 41.5 cm³/mol. The summed E-state index contributed by atoms with van der Waals surface area (Å²) in [5.74, 6) is 0.255. The van der Waals surface area contributed by atoms with Gasteiger partial charge in [-0.1, -0.05) is 19.9 Å². The summed E-state index contributed by atoms with van der Waals surface area (Å²) in [5.41, 5.74) is 0. The minimum Gasteiger partial charge on any atom is -0.300 e. The molecule has 0 bridgehead atoms. The molecule has 0 amide bonds. The number of carbonyl (C=O) groups is 1. The number of rotatable bonds is 2. The second-order valence-electron chi connectivity index (χ2n) is 1.75. The van der Waals surface area contributed by atoms with E-state index in [1.54, 1.807) is 6.92 Å². The SMILES string of the molecule is C=CCC.CCC(C)=O. The Morgan fingerprint density at radius 1 is 1.56 bits per heavy atom. The topological polar surface area (TPSA) is 17.1 Å². The second-order valence-corrected chi connectivity index (χ2v) is 1.75. The number of Topliss-reactive ketones (excluding diaryl/α,β-unsaturated/α-hetero) is 1. The van der Waals surface area contributed by atoms with Crippen LogP contribution in [0.1, 0.15) is 33.6 Å². The lowest BCUT2D eigenvalue weighted by molar-refractivity contribution is -0.116. The molecule has 0 heterocycles. The van der Waals surface area contributed by atoms with Crippen molar-refractivity contribution in [2.75, 3.05) is 0 Å². The van der Waals surface area contributed by atoms with Gasteiger partial charge in [0, 0.05) is 6.42 Å². The van der Waals surface area contributed by atoms with Crippen LogP contribution in [-0.4, -0.2) is 5.78 Å². The molecule has 54 valence electrons. The quantitative estimate of drug-likeness (QED) is 0.522. The first kappa shape index (κ1) is 11.2. The van der Waals surface area contributed by atoms with Crippen molar-refractivity contribution in [2.45, 2.75) is 33.6 Å². The van der Waals surface area contributed by atoms with Gasteiger partial charge in [0.15, 0.2) is 0 Å². The monoisotopic (exact) mass is 128 g/mol. The van der Waals surface area contributed by atoms with Crippen molar-refractivity contribution in [1.82, 2.24) is 0 Å². The molecule has 0 saturated carbocycles. The van der Waals surface area contributed by atoms with Crippen molar-refractivity contribution in [2.24, 2.45) is 0 Å². The molecule has 0 spiro atoms. The van der Waals surface area contributed by atoms with Gasteiger partial charge in [0.2, 0.25) is 0 Å². The summed E-state index contributed by atoms with van der Waals surface area (Å²) in [6, 6.07) is 0. The van der Waals surface area contributed by atoms with Crippen LogP contribution in [0, 0.1) is 0 Å². The molecule has 1 heteroatoms. The molecule has 0 N–H and O–H groups in total. The Balaban J connectivity index is 0. The Hall–Kier alpha value is -0.590. The molecule has 0 atom stereocenters. The van der Waals surface area contributed by atoms with Gasteiger partial charge in [0.05, 0.1) is 0 Å². The maximum absolute atomic E-state index is 9.81. The summed E-state index contributed by atoms with van der Waals surface area (Å²) in [6.07, 6.45) is 3.62. The standard InChI is InChI=1S/C4H8O.C4H8/c1-3-4(2)5;1-3-4-2/h3H2,1-2H3;3H,1,4H2,2H3. The van der Waals surface area contributed by atoms with Crippen LogP contribution < -0.4 is 0 Å². The van der Waals surface area contributed by atoms with Crippen molar-refractivity contribution in [3.8, 4) is 0 Å². The van der Waals surface area contributed by atoms with Gasteiger partial charge in [-0.3, -0.25) is 0 Å². The van der Waals surface area contributed by atoms with Gasteiger partial charge >= 0.3 is 0 Å². The van der Waals surface area contributed by atoms with E-state index in [0.717, 1.165) is 6.42 Å². The molecule has 0 radical (unpaired) electrons. The van der Waals surface area contributed by atoms with E-state index in [2.05, 4.69) is 13.5 Å². The maximum atomic E-state index is 9.81. The highest BCUT2D eigenvalue weighted by Gasteiger charge is 1.76. The summed E-state index contributed by atoms with van der Waals surface area (Å²) >= 11 is 0. The second kappa shape index (κ2) is 10.4. The summed E-state index contributed by atoms with van der Waals surface area (Å²) in [4.78, 5) is 9.81. The zero-order valence-electron chi connectivity index (χ0n) is 6.61. The van der Waals surface area contributed by atoms with Gasteiger partial charge in [0.25, 0.3) is 0 Å². The number of carbonyl (C=O) groups excluding carboxylic acids is 1. The minimum atomic E-state index is 0.255. The van der Waals surface area contributed by atoms with E-state index in [4.69, 9.17) is 0 Å². The lowest BCUT2D eigenvalue weighted by atomic mass is 10.4. The van der Waals surface area contributed by atoms with E-state index in [1.165, 1.54) is 0 Å². The van der Waals surface area contributed by atoms with Crippen molar-refractivity contribution < 1.29 is 4.79 Å². The highest BCUT2D eigenvalue weighted by Crippen LogP contribution is 1.71. The molecule has 9 heavy (non-hydrogen) atoms. The summed E-state index contributed by atoms with van der Waals surface area (Å²) in [5, 5.41) is 0. The molecule has 0 aromatic rings. The third-order valence-electron chi connectivity index (χ3n) is 0.787. The fourth-order valence-electron chi connectivity index (χ4n) is 0. The van der Waals surface area contributed by atoms with Crippen LogP contribution in [0.3, 0.4) is 0 Å². The first-order chi connectivity index (χ1) is 4.18. The van der Waals surface area contributed by atoms with Crippen LogP contribution in [-0.2, 0) is 4.79 Å².